The molecule has 0 spiro atoms. The van der Waals surface area contributed by atoms with Gasteiger partial charge in [0.15, 0.2) is 0 Å². The number of hydrogen-bond acceptors (Lipinski definition) is 2. The quantitative estimate of drug-likeness (QED) is 0.863. The first-order chi connectivity index (χ1) is 8.45. The molecule has 94 valence electrons. The van der Waals surface area contributed by atoms with Crippen molar-refractivity contribution >= 4 is 17.6 Å². The molecule has 1 aliphatic heterocycles. The maximum atomic E-state index is 14.0. The summed E-state index contributed by atoms with van der Waals surface area (Å²) in [5, 5.41) is 9.20. The second-order valence-corrected chi connectivity index (χ2v) is 4.98. The van der Waals surface area contributed by atoms with Crippen molar-refractivity contribution in [2.75, 3.05) is 11.9 Å². The van der Waals surface area contributed by atoms with E-state index in [4.69, 9.17) is 0 Å². The monoisotopic (exact) mass is 249 g/mol. The standard InChI is InChI=1S/C13H12FNO3/c1-15-10(16)5-7-4-8(6-9(14)11(7)15)13(2-3-13)12(17)18/h4,6H,2-3,5H2,1H3,(H,17,18). The normalized spacial score (nSPS) is 19.9. The summed E-state index contributed by atoms with van der Waals surface area (Å²) in [4.78, 5) is 24.0. The molecular weight excluding hydrogens is 237 g/mol. The molecule has 5 heteroatoms. The molecule has 1 aliphatic carbocycles. The number of hydrogen-bond donors (Lipinski definition) is 1. The van der Waals surface area contributed by atoms with Gasteiger partial charge in [0.05, 0.1) is 17.5 Å². The number of halogens is 1. The lowest BCUT2D eigenvalue weighted by Gasteiger charge is -2.15. The Morgan fingerprint density at radius 3 is 2.67 bits per heavy atom. The van der Waals surface area contributed by atoms with Crippen molar-refractivity contribution in [1.29, 1.82) is 0 Å². The van der Waals surface area contributed by atoms with Gasteiger partial charge in [-0.1, -0.05) is 6.07 Å². The Bertz CT molecular complexity index is 578. The van der Waals surface area contributed by atoms with Crippen molar-refractivity contribution in [3.63, 3.8) is 0 Å². The van der Waals surface area contributed by atoms with Crippen LogP contribution in [0.2, 0.25) is 0 Å². The Labute approximate surface area is 103 Å². The van der Waals surface area contributed by atoms with E-state index in [2.05, 4.69) is 0 Å². The number of anilines is 1. The smallest absolute Gasteiger partial charge is 0.314 e. The van der Waals surface area contributed by atoms with Gasteiger partial charge >= 0.3 is 5.97 Å². The van der Waals surface area contributed by atoms with E-state index >= 15 is 0 Å². The minimum absolute atomic E-state index is 0.145. The number of amides is 1. The van der Waals surface area contributed by atoms with Crippen molar-refractivity contribution in [3.8, 4) is 0 Å². The van der Waals surface area contributed by atoms with Crippen LogP contribution in [0.1, 0.15) is 24.0 Å². The fraction of sp³-hybridized carbons (Fsp3) is 0.385. The predicted octanol–water partition coefficient (Wildman–Crippen LogP) is 1.46. The summed E-state index contributed by atoms with van der Waals surface area (Å²) in [7, 11) is 1.53. The third-order valence-corrected chi connectivity index (χ3v) is 3.91. The van der Waals surface area contributed by atoms with Gasteiger partial charge in [-0.25, -0.2) is 4.39 Å². The summed E-state index contributed by atoms with van der Waals surface area (Å²) < 4.78 is 14.0. The highest BCUT2D eigenvalue weighted by Gasteiger charge is 2.52. The number of carbonyl (C=O) groups is 2. The summed E-state index contributed by atoms with van der Waals surface area (Å²) in [6, 6.07) is 2.93. The molecule has 0 bridgehead atoms. The molecule has 0 radical (unpaired) electrons. The van der Waals surface area contributed by atoms with Crippen LogP contribution in [0, 0.1) is 5.82 Å². The highest BCUT2D eigenvalue weighted by atomic mass is 19.1. The van der Waals surface area contributed by atoms with Crippen molar-refractivity contribution in [2.45, 2.75) is 24.7 Å². The number of aliphatic carboxylic acids is 1. The zero-order valence-electron chi connectivity index (χ0n) is 9.86. The van der Waals surface area contributed by atoms with Gasteiger partial charge in [-0.05, 0) is 30.0 Å². The molecular formula is C13H12FNO3. The zero-order valence-corrected chi connectivity index (χ0v) is 9.86. The van der Waals surface area contributed by atoms with E-state index in [1.807, 2.05) is 0 Å². The molecule has 0 unspecified atom stereocenters. The number of fused-ring (bicyclic) bond motifs is 1. The van der Waals surface area contributed by atoms with E-state index in [9.17, 15) is 19.1 Å². The summed E-state index contributed by atoms with van der Waals surface area (Å²) in [6.07, 6.45) is 1.21. The Kier molecular flexibility index (Phi) is 2.06. The van der Waals surface area contributed by atoms with Gasteiger partial charge in [-0.2, -0.15) is 0 Å². The summed E-state index contributed by atoms with van der Waals surface area (Å²) in [5.41, 5.74) is 0.421. The van der Waals surface area contributed by atoms with Crippen LogP contribution in [-0.2, 0) is 21.4 Å². The van der Waals surface area contributed by atoms with Crippen LogP contribution in [-0.4, -0.2) is 24.0 Å². The maximum Gasteiger partial charge on any atom is 0.314 e. The fourth-order valence-electron chi connectivity index (χ4n) is 2.60. The van der Waals surface area contributed by atoms with Crippen molar-refractivity contribution in [1.82, 2.24) is 0 Å². The van der Waals surface area contributed by atoms with Gasteiger partial charge in [-0.15, -0.1) is 0 Å². The third kappa shape index (κ3) is 1.30. The van der Waals surface area contributed by atoms with E-state index in [0.29, 0.717) is 24.0 Å². The lowest BCUT2D eigenvalue weighted by Crippen LogP contribution is -2.22. The number of rotatable bonds is 2. The van der Waals surface area contributed by atoms with Gasteiger partial charge in [-0.3, -0.25) is 9.59 Å². The highest BCUT2D eigenvalue weighted by Crippen LogP contribution is 2.50. The molecule has 0 atom stereocenters. The molecule has 1 heterocycles. The van der Waals surface area contributed by atoms with Gasteiger partial charge in [0.1, 0.15) is 5.82 Å². The molecule has 18 heavy (non-hydrogen) atoms. The minimum Gasteiger partial charge on any atom is -0.481 e. The first-order valence-electron chi connectivity index (χ1n) is 5.78. The van der Waals surface area contributed by atoms with Gasteiger partial charge < -0.3 is 10.0 Å². The van der Waals surface area contributed by atoms with E-state index in [1.165, 1.54) is 18.0 Å². The van der Waals surface area contributed by atoms with Gasteiger partial charge in [0.2, 0.25) is 5.91 Å². The van der Waals surface area contributed by atoms with E-state index in [-0.39, 0.29) is 18.0 Å². The summed E-state index contributed by atoms with van der Waals surface area (Å²) >= 11 is 0. The molecule has 3 rings (SSSR count). The van der Waals surface area contributed by atoms with Crippen LogP contribution in [0.4, 0.5) is 10.1 Å². The molecule has 1 aromatic carbocycles. The second-order valence-electron chi connectivity index (χ2n) is 4.98. The average molecular weight is 249 g/mol. The van der Waals surface area contributed by atoms with E-state index < -0.39 is 17.2 Å². The first-order valence-corrected chi connectivity index (χ1v) is 5.78. The van der Waals surface area contributed by atoms with E-state index in [1.54, 1.807) is 6.07 Å². The largest absolute Gasteiger partial charge is 0.481 e. The predicted molar refractivity (Wildman–Crippen MR) is 62.1 cm³/mol. The molecule has 1 amide bonds. The molecule has 1 fully saturated rings. The summed E-state index contributed by atoms with van der Waals surface area (Å²) in [6.45, 7) is 0. The molecule has 2 aliphatic rings. The second kappa shape index (κ2) is 3.31. The molecule has 0 aromatic heterocycles. The molecule has 1 saturated carbocycles. The number of carboxylic acid groups (broad SMARTS) is 1. The van der Waals surface area contributed by atoms with Crippen LogP contribution in [0.15, 0.2) is 12.1 Å². The number of carbonyl (C=O) groups excluding carboxylic acids is 1. The summed E-state index contributed by atoms with van der Waals surface area (Å²) in [5.74, 6) is -1.59. The number of nitrogens with zero attached hydrogens (tertiary/aromatic N) is 1. The minimum atomic E-state index is -0.930. The Morgan fingerprint density at radius 1 is 1.44 bits per heavy atom. The van der Waals surface area contributed by atoms with Crippen LogP contribution < -0.4 is 4.90 Å². The van der Waals surface area contributed by atoms with Crippen molar-refractivity contribution < 1.29 is 19.1 Å². The highest BCUT2D eigenvalue weighted by molar-refractivity contribution is 6.01. The SMILES string of the molecule is CN1C(=O)Cc2cc(C3(C(=O)O)CC3)cc(F)c21. The molecule has 1 N–H and O–H groups in total. The van der Waals surface area contributed by atoms with Crippen LogP contribution in [0.5, 0.6) is 0 Å². The average Bonchev–Trinajstić information content (AvgIpc) is 3.04. The molecule has 4 nitrogen and oxygen atoms in total. The fourth-order valence-corrected chi connectivity index (χ4v) is 2.60. The lowest BCUT2D eigenvalue weighted by molar-refractivity contribution is -0.140. The number of benzene rings is 1. The molecule has 0 saturated heterocycles. The Balaban J connectivity index is 2.12. The van der Waals surface area contributed by atoms with E-state index in [0.717, 1.165) is 0 Å². The third-order valence-electron chi connectivity index (χ3n) is 3.91. The van der Waals surface area contributed by atoms with Crippen molar-refractivity contribution in [2.24, 2.45) is 0 Å². The first kappa shape index (κ1) is 11.2. The van der Waals surface area contributed by atoms with Gasteiger partial charge in [0.25, 0.3) is 0 Å². The number of likely N-dealkylation sites (N-methyl/N-ethyl adjacent to an activating group) is 1. The lowest BCUT2D eigenvalue weighted by atomic mass is 9.93. The maximum absolute atomic E-state index is 14.0. The Morgan fingerprint density at radius 2 is 2.11 bits per heavy atom. The zero-order chi connectivity index (χ0) is 13.1. The topological polar surface area (TPSA) is 57.6 Å². The van der Waals surface area contributed by atoms with Gasteiger partial charge in [0, 0.05) is 7.05 Å². The van der Waals surface area contributed by atoms with Crippen LogP contribution in [0.25, 0.3) is 0 Å². The van der Waals surface area contributed by atoms with Crippen molar-refractivity contribution in [3.05, 3.63) is 29.1 Å². The van der Waals surface area contributed by atoms with Crippen LogP contribution >= 0.6 is 0 Å². The Hall–Kier alpha value is -1.91. The number of carboxylic acids is 1. The molecule has 1 aromatic rings. The van der Waals surface area contributed by atoms with Crippen LogP contribution in [0.3, 0.4) is 0 Å².